The van der Waals surface area contributed by atoms with Crippen molar-refractivity contribution in [1.29, 1.82) is 0 Å². The Morgan fingerprint density at radius 1 is 0.340 bits per heavy atom. The van der Waals surface area contributed by atoms with Gasteiger partial charge in [-0.2, -0.15) is 0 Å². The van der Waals surface area contributed by atoms with Crippen molar-refractivity contribution in [1.82, 2.24) is 9.97 Å². The van der Waals surface area contributed by atoms with Gasteiger partial charge < -0.3 is 46.9 Å². The van der Waals surface area contributed by atoms with Gasteiger partial charge in [0.2, 0.25) is 11.6 Å². The summed E-state index contributed by atoms with van der Waals surface area (Å²) in [6.07, 6.45) is 14.1. The number of hydrogen-bond donors (Lipinski definition) is 7. The van der Waals surface area contributed by atoms with E-state index < -0.39 is 102 Å². The molecule has 808 valence electrons. The maximum absolute atomic E-state index is 12.1. The fourth-order valence-electron chi connectivity index (χ4n) is 9.29. The van der Waals surface area contributed by atoms with Gasteiger partial charge in [0.15, 0.2) is 64.8 Å². The van der Waals surface area contributed by atoms with Gasteiger partial charge in [-0.05, 0) is 199 Å². The van der Waals surface area contributed by atoms with Crippen molar-refractivity contribution in [3.8, 4) is 0 Å². The van der Waals surface area contributed by atoms with Crippen LogP contribution in [0.15, 0.2) is 224 Å². The molecular weight excluding hydrogens is 1900 g/mol. The number of nitrogens with one attached hydrogen (secondary N) is 4. The molecule has 8 aromatic rings. The zero-order valence-electron chi connectivity index (χ0n) is 92.7. The second-order valence-corrected chi connectivity index (χ2v) is 49.0. The lowest BCUT2D eigenvalue weighted by Gasteiger charge is -2.18. The standard InChI is InChI=1S/C12H19NO3S.C12H19NO2S.2C11H17NO3S.C11H17NO2S.C10H11NO2.C9H13NO2S.C9H11NO.8C3H8/c1-10(2)17(14,15)12-6-4-5-11(9-12)13-7-8-16-3;1-4-9-13-11-7-5-6-8-12(11)16(14,15)10(2)3;1-9(2)16(14,15)11-5-3-4-10(8-11)12-6-7-13;1-9(2)16(14,15)11-6-4-3-5-10(11)12-7-8-13;1-9(2)15(13,14)11-8-6-5-7-10(11)12(3)4;1-7(2)9(12)10(13)8-5-3-4-6-11-8;1-7(2)13(11,12)9-6-4-3-5-8(9)10;1-7(2)9(11)8-5-3-4-6-10-8;8*1-3-2/h4-6,9-10,13H,7-8H2,1-3H3;5-8,10,13H,4,9H2,1-3H3;3-5,8-9,12-13H,6-7H2,1-2H3;3-6,9,12-13H,7-8H2,1-2H3;5-9H,1-4H3;3-7H,1-2H3;3-7H,10H2,1-2H3;3-7H,1-2H3;8*3H2,1-2H3. The Morgan fingerprint density at radius 2 is 0.631 bits per heavy atom. The molecule has 0 radical (unpaired) electrons. The molecule has 0 fully saturated rings. The molecule has 0 saturated carbocycles. The number of aromatic nitrogens is 2. The molecular formula is C109H188N8O18S6. The second-order valence-electron chi connectivity index (χ2n) is 34.1. The number of ether oxygens (including phenoxy) is 1. The number of methoxy groups -OCH3 is 1. The topological polar surface area (TPSA) is 409 Å². The van der Waals surface area contributed by atoms with Crippen molar-refractivity contribution >= 4 is 110 Å². The van der Waals surface area contributed by atoms with Crippen molar-refractivity contribution in [3.63, 3.8) is 0 Å². The minimum atomic E-state index is -3.28. The van der Waals surface area contributed by atoms with Crippen LogP contribution in [0, 0.1) is 11.8 Å². The van der Waals surface area contributed by atoms with Crippen LogP contribution in [0.4, 0.5) is 34.1 Å². The number of nitrogens with two attached hydrogens (primary N) is 1. The summed E-state index contributed by atoms with van der Waals surface area (Å²) in [5.41, 5.74) is 10.2. The van der Waals surface area contributed by atoms with Gasteiger partial charge in [-0.25, -0.2) is 50.5 Å². The maximum atomic E-state index is 12.1. The average Bonchev–Trinajstić information content (AvgIpc) is 0.801. The summed E-state index contributed by atoms with van der Waals surface area (Å²) in [6, 6.07) is 51.2. The number of hydrogen-bond acceptors (Lipinski definition) is 26. The Morgan fingerprint density at radius 3 is 0.936 bits per heavy atom. The summed E-state index contributed by atoms with van der Waals surface area (Å²) in [5.74, 6) is -1.03. The summed E-state index contributed by atoms with van der Waals surface area (Å²) in [7, 11) is -14.0. The molecule has 0 amide bonds. The van der Waals surface area contributed by atoms with Gasteiger partial charge in [-0.1, -0.05) is 270 Å². The van der Waals surface area contributed by atoms with Crippen LogP contribution in [0.3, 0.4) is 0 Å². The van der Waals surface area contributed by atoms with Gasteiger partial charge in [0.25, 0.3) is 0 Å². The Labute approximate surface area is 858 Å². The number of aliphatic hydroxyl groups is 2. The number of sulfone groups is 6. The highest BCUT2D eigenvalue weighted by Gasteiger charge is 2.27. The molecule has 8 N–H and O–H groups in total. The zero-order chi connectivity index (χ0) is 111. The highest BCUT2D eigenvalue weighted by atomic mass is 32.2. The van der Waals surface area contributed by atoms with Crippen LogP contribution in [0.1, 0.15) is 307 Å². The van der Waals surface area contributed by atoms with Crippen LogP contribution in [-0.2, 0) is 68.6 Å². The third-order valence-corrected chi connectivity index (χ3v) is 29.6. The minimum Gasteiger partial charge on any atom is -0.398 e. The SMILES string of the molecule is CC(C)C(=O)C(=O)c1ccccn1.CC(C)C(=O)c1ccccn1.CC(C)S(=O)(=O)c1cccc(NCCO)c1.CC(C)S(=O)(=O)c1ccccc1N.CC(C)S(=O)(=O)c1ccccc1N(C)C.CC(C)S(=O)(=O)c1ccccc1NCCO.CCC.CCC.CCC.CCC.CCC.CCC.CCC.CCC.CCCNc1ccccc1S(=O)(=O)C(C)C.COCCNc1cccc(S(=O)(=O)C(C)C)c1. The van der Waals surface area contributed by atoms with Crippen molar-refractivity contribution in [2.45, 2.75) is 347 Å². The third-order valence-electron chi connectivity index (χ3n) is 16.5. The van der Waals surface area contributed by atoms with Crippen LogP contribution in [0.5, 0.6) is 0 Å². The Hall–Kier alpha value is -8.99. The lowest BCUT2D eigenvalue weighted by Crippen LogP contribution is -2.20. The van der Waals surface area contributed by atoms with E-state index in [1.54, 1.807) is 250 Å². The number of benzene rings is 6. The number of rotatable bonds is 31. The summed E-state index contributed by atoms with van der Waals surface area (Å²) < 4.78 is 148. The van der Waals surface area contributed by atoms with Crippen LogP contribution < -0.4 is 31.9 Å². The van der Waals surface area contributed by atoms with Gasteiger partial charge in [-0.3, -0.25) is 24.4 Å². The first-order valence-corrected chi connectivity index (χ1v) is 58.8. The van der Waals surface area contributed by atoms with Crippen LogP contribution in [-0.4, -0.2) is 187 Å². The molecule has 0 spiro atoms. The summed E-state index contributed by atoms with van der Waals surface area (Å²) in [6.45, 7) is 66.0. The number of pyridine rings is 2. The molecule has 26 nitrogen and oxygen atoms in total. The smallest absolute Gasteiger partial charge is 0.247 e. The fourth-order valence-corrected chi connectivity index (χ4v) is 16.4. The highest BCUT2D eigenvalue weighted by Crippen LogP contribution is 2.30. The number of carbonyl (C=O) groups excluding carboxylic acids is 3. The average molecular weight is 2090 g/mol. The predicted octanol–water partition coefficient (Wildman–Crippen LogP) is 25.3. The van der Waals surface area contributed by atoms with E-state index >= 15 is 0 Å². The number of carbonyl (C=O) groups is 3. The number of nitrogen functional groups attached to an aromatic ring is 1. The minimum absolute atomic E-state index is 0.0150. The summed E-state index contributed by atoms with van der Waals surface area (Å²) in [4.78, 5) is 45.5. The molecule has 0 aliphatic carbocycles. The van der Waals surface area contributed by atoms with Crippen molar-refractivity contribution < 1.29 is 79.8 Å². The number of Topliss-reactive ketones (excluding diaryl/α,β-unsaturated/α-hetero) is 3. The first-order valence-electron chi connectivity index (χ1n) is 49.5. The molecule has 32 heteroatoms. The Bertz CT molecular complexity index is 5110. The molecule has 141 heavy (non-hydrogen) atoms. The van der Waals surface area contributed by atoms with Crippen LogP contribution in [0.25, 0.3) is 0 Å². The number of nitrogens with zero attached hydrogens (tertiary/aromatic N) is 3. The third kappa shape index (κ3) is 64.4. The van der Waals surface area contributed by atoms with Crippen molar-refractivity contribution in [2.24, 2.45) is 11.8 Å². The van der Waals surface area contributed by atoms with E-state index in [1.165, 1.54) is 63.6 Å². The molecule has 2 aromatic heterocycles. The van der Waals surface area contributed by atoms with E-state index in [2.05, 4.69) is 142 Å². The van der Waals surface area contributed by atoms with E-state index in [9.17, 15) is 64.9 Å². The van der Waals surface area contributed by atoms with Gasteiger partial charge >= 0.3 is 0 Å². The molecule has 0 aliphatic heterocycles. The first kappa shape index (κ1) is 147. The normalized spacial score (nSPS) is 10.5. The molecule has 0 atom stereocenters. The lowest BCUT2D eigenvalue weighted by molar-refractivity contribution is -0.117. The number of ketones is 3. The van der Waals surface area contributed by atoms with Crippen LogP contribution in [0.2, 0.25) is 0 Å². The molecule has 8 rings (SSSR count). The van der Waals surface area contributed by atoms with Crippen molar-refractivity contribution in [3.05, 3.63) is 206 Å². The maximum Gasteiger partial charge on any atom is 0.247 e. The van der Waals surface area contributed by atoms with Crippen molar-refractivity contribution in [2.75, 3.05) is 99.1 Å². The highest BCUT2D eigenvalue weighted by molar-refractivity contribution is 7.93. The number of para-hydroxylation sites is 4. The second kappa shape index (κ2) is 86.5. The quantitative estimate of drug-likeness (QED) is 0.00918. The Kier molecular flexibility index (Phi) is 90.4. The Balaban J connectivity index is -0.000000231. The molecule has 0 saturated heterocycles. The number of anilines is 6. The van der Waals surface area contributed by atoms with Crippen LogP contribution >= 0.6 is 0 Å². The van der Waals surface area contributed by atoms with Gasteiger partial charge in [0.05, 0.1) is 103 Å². The largest absolute Gasteiger partial charge is 0.398 e. The first-order chi connectivity index (χ1) is 65.9. The molecule has 0 unspecified atom stereocenters. The van der Waals surface area contributed by atoms with E-state index in [0.29, 0.717) is 79.2 Å². The monoisotopic (exact) mass is 2090 g/mol. The lowest BCUT2D eigenvalue weighted by atomic mass is 10.0. The van der Waals surface area contributed by atoms with Gasteiger partial charge in [0.1, 0.15) is 11.4 Å². The number of aliphatic hydroxyl groups excluding tert-OH is 2. The predicted molar refractivity (Wildman–Crippen MR) is 601 cm³/mol. The summed E-state index contributed by atoms with van der Waals surface area (Å²) in [5, 5.41) is 27.0. The molecule has 0 bridgehead atoms. The van der Waals surface area contributed by atoms with E-state index in [-0.39, 0.29) is 41.4 Å². The van der Waals surface area contributed by atoms with E-state index in [1.807, 2.05) is 76.2 Å². The fraction of sp³-hybridized carbons (Fsp3) is 0.550. The molecule has 6 aromatic carbocycles. The van der Waals surface area contributed by atoms with Gasteiger partial charge in [0, 0.05) is 83.0 Å². The van der Waals surface area contributed by atoms with Gasteiger partial charge in [-0.15, -0.1) is 0 Å². The van der Waals surface area contributed by atoms with E-state index in [0.717, 1.165) is 24.3 Å². The van der Waals surface area contributed by atoms with E-state index in [4.69, 9.17) is 20.7 Å². The zero-order valence-corrected chi connectivity index (χ0v) is 97.6. The summed E-state index contributed by atoms with van der Waals surface area (Å²) >= 11 is 0. The molecule has 2 heterocycles. The molecule has 0 aliphatic rings.